The largest absolute Gasteiger partial charge is 0.383 e. The standard InChI is InChI=1S/C15H26ClN3O/c1-4-13-15(16)14(19(5-2)18-13)9-7-6-8-10-17-11-12-20-3/h6-7,17H,4-5,8-12H2,1-3H3. The van der Waals surface area contributed by atoms with E-state index < -0.39 is 0 Å². The van der Waals surface area contributed by atoms with Crippen LogP contribution in [0.25, 0.3) is 0 Å². The Morgan fingerprint density at radius 1 is 1.30 bits per heavy atom. The zero-order valence-electron chi connectivity index (χ0n) is 12.8. The van der Waals surface area contributed by atoms with Crippen LogP contribution in [0.4, 0.5) is 0 Å². The molecule has 114 valence electrons. The first-order chi connectivity index (χ1) is 9.74. The molecule has 1 heterocycles. The number of aromatic nitrogens is 2. The Morgan fingerprint density at radius 2 is 2.10 bits per heavy atom. The second-order valence-electron chi connectivity index (χ2n) is 4.58. The molecule has 0 aromatic carbocycles. The topological polar surface area (TPSA) is 39.1 Å². The fraction of sp³-hybridized carbons (Fsp3) is 0.667. The molecule has 1 aromatic heterocycles. The second-order valence-corrected chi connectivity index (χ2v) is 4.96. The molecule has 0 atom stereocenters. The fourth-order valence-corrected chi connectivity index (χ4v) is 2.36. The van der Waals surface area contributed by atoms with Gasteiger partial charge in [-0.3, -0.25) is 4.68 Å². The van der Waals surface area contributed by atoms with Crippen LogP contribution < -0.4 is 5.32 Å². The van der Waals surface area contributed by atoms with Gasteiger partial charge in [0.05, 0.1) is 23.0 Å². The highest BCUT2D eigenvalue weighted by atomic mass is 35.5. The number of ether oxygens (including phenoxy) is 1. The van der Waals surface area contributed by atoms with Gasteiger partial charge < -0.3 is 10.1 Å². The Labute approximate surface area is 127 Å². The maximum Gasteiger partial charge on any atom is 0.0853 e. The van der Waals surface area contributed by atoms with Crippen LogP contribution in [0.1, 0.15) is 31.7 Å². The first-order valence-corrected chi connectivity index (χ1v) is 7.71. The summed E-state index contributed by atoms with van der Waals surface area (Å²) in [5.41, 5.74) is 2.12. The van der Waals surface area contributed by atoms with E-state index in [1.54, 1.807) is 7.11 Å². The van der Waals surface area contributed by atoms with Gasteiger partial charge >= 0.3 is 0 Å². The molecule has 0 amide bonds. The molecule has 0 saturated carbocycles. The van der Waals surface area contributed by atoms with E-state index in [2.05, 4.69) is 36.4 Å². The van der Waals surface area contributed by atoms with E-state index in [-0.39, 0.29) is 0 Å². The molecular formula is C15H26ClN3O. The normalized spacial score (nSPS) is 11.6. The molecule has 20 heavy (non-hydrogen) atoms. The van der Waals surface area contributed by atoms with Crippen molar-refractivity contribution in [3.63, 3.8) is 0 Å². The van der Waals surface area contributed by atoms with Crippen LogP contribution in [0, 0.1) is 0 Å². The molecule has 0 unspecified atom stereocenters. The fourth-order valence-electron chi connectivity index (χ4n) is 2.01. The number of allylic oxidation sites excluding steroid dienone is 1. The van der Waals surface area contributed by atoms with Crippen molar-refractivity contribution in [1.29, 1.82) is 0 Å². The summed E-state index contributed by atoms with van der Waals surface area (Å²) in [6, 6.07) is 0. The van der Waals surface area contributed by atoms with Crippen molar-refractivity contribution in [3.8, 4) is 0 Å². The summed E-state index contributed by atoms with van der Waals surface area (Å²) in [5.74, 6) is 0. The molecule has 1 N–H and O–H groups in total. The Hall–Kier alpha value is -0.840. The number of rotatable bonds is 10. The predicted molar refractivity (Wildman–Crippen MR) is 84.5 cm³/mol. The van der Waals surface area contributed by atoms with Gasteiger partial charge in [0.15, 0.2) is 0 Å². The van der Waals surface area contributed by atoms with Crippen molar-refractivity contribution in [2.45, 2.75) is 39.7 Å². The zero-order valence-corrected chi connectivity index (χ0v) is 13.5. The molecule has 0 aliphatic carbocycles. The van der Waals surface area contributed by atoms with Gasteiger partial charge in [-0.25, -0.2) is 0 Å². The van der Waals surface area contributed by atoms with E-state index in [4.69, 9.17) is 16.3 Å². The number of nitrogens with zero attached hydrogens (tertiary/aromatic N) is 2. The molecule has 0 aliphatic rings. The Bertz CT molecular complexity index is 415. The van der Waals surface area contributed by atoms with Crippen molar-refractivity contribution in [1.82, 2.24) is 15.1 Å². The Balaban J connectivity index is 2.39. The van der Waals surface area contributed by atoms with Crippen molar-refractivity contribution >= 4 is 11.6 Å². The van der Waals surface area contributed by atoms with Crippen molar-refractivity contribution in [3.05, 3.63) is 28.6 Å². The molecule has 0 saturated heterocycles. The average molecular weight is 300 g/mol. The third kappa shape index (κ3) is 5.27. The van der Waals surface area contributed by atoms with Gasteiger partial charge in [0.25, 0.3) is 0 Å². The highest BCUT2D eigenvalue weighted by Gasteiger charge is 2.12. The summed E-state index contributed by atoms with van der Waals surface area (Å²) in [5, 5.41) is 8.66. The zero-order chi connectivity index (χ0) is 14.8. The first-order valence-electron chi connectivity index (χ1n) is 7.33. The highest BCUT2D eigenvalue weighted by molar-refractivity contribution is 6.31. The quantitative estimate of drug-likeness (QED) is 0.533. The lowest BCUT2D eigenvalue weighted by Crippen LogP contribution is -2.19. The molecular weight excluding hydrogens is 274 g/mol. The van der Waals surface area contributed by atoms with Gasteiger partial charge in [-0.1, -0.05) is 30.7 Å². The van der Waals surface area contributed by atoms with Gasteiger partial charge in [0, 0.05) is 26.6 Å². The summed E-state index contributed by atoms with van der Waals surface area (Å²) in [6.07, 6.45) is 7.10. The monoisotopic (exact) mass is 299 g/mol. The summed E-state index contributed by atoms with van der Waals surface area (Å²) in [4.78, 5) is 0. The molecule has 0 spiro atoms. The van der Waals surface area contributed by atoms with Gasteiger partial charge in [-0.05, 0) is 26.3 Å². The van der Waals surface area contributed by atoms with E-state index in [0.29, 0.717) is 0 Å². The van der Waals surface area contributed by atoms with Crippen LogP contribution in [0.15, 0.2) is 12.2 Å². The average Bonchev–Trinajstić information content (AvgIpc) is 2.78. The number of halogens is 1. The van der Waals surface area contributed by atoms with E-state index in [9.17, 15) is 0 Å². The molecule has 4 nitrogen and oxygen atoms in total. The minimum Gasteiger partial charge on any atom is -0.383 e. The van der Waals surface area contributed by atoms with Crippen LogP contribution in [0.2, 0.25) is 5.02 Å². The van der Waals surface area contributed by atoms with Gasteiger partial charge in [0.2, 0.25) is 0 Å². The number of aryl methyl sites for hydroxylation is 2. The van der Waals surface area contributed by atoms with Crippen LogP contribution in [0.3, 0.4) is 0 Å². The maximum absolute atomic E-state index is 6.36. The van der Waals surface area contributed by atoms with E-state index in [1.807, 2.05) is 4.68 Å². The lowest BCUT2D eigenvalue weighted by atomic mass is 10.2. The third-order valence-electron chi connectivity index (χ3n) is 3.14. The molecule has 0 radical (unpaired) electrons. The van der Waals surface area contributed by atoms with Gasteiger partial charge in [-0.15, -0.1) is 0 Å². The molecule has 1 rings (SSSR count). The van der Waals surface area contributed by atoms with Crippen molar-refractivity contribution in [2.75, 3.05) is 26.8 Å². The Morgan fingerprint density at radius 3 is 2.75 bits per heavy atom. The second kappa shape index (κ2) is 9.97. The summed E-state index contributed by atoms with van der Waals surface area (Å²) < 4.78 is 6.98. The van der Waals surface area contributed by atoms with E-state index >= 15 is 0 Å². The summed E-state index contributed by atoms with van der Waals surface area (Å²) in [6.45, 7) is 7.67. The number of nitrogens with one attached hydrogen (secondary N) is 1. The highest BCUT2D eigenvalue weighted by Crippen LogP contribution is 2.22. The minimum absolute atomic E-state index is 0.759. The smallest absolute Gasteiger partial charge is 0.0853 e. The minimum atomic E-state index is 0.759. The lowest BCUT2D eigenvalue weighted by molar-refractivity contribution is 0.199. The maximum atomic E-state index is 6.36. The van der Waals surface area contributed by atoms with Gasteiger partial charge in [0.1, 0.15) is 0 Å². The summed E-state index contributed by atoms with van der Waals surface area (Å²) >= 11 is 6.36. The lowest BCUT2D eigenvalue weighted by Gasteiger charge is -2.02. The van der Waals surface area contributed by atoms with Crippen LogP contribution >= 0.6 is 11.6 Å². The number of hydrogen-bond donors (Lipinski definition) is 1. The van der Waals surface area contributed by atoms with E-state index in [0.717, 1.165) is 61.9 Å². The SMILES string of the molecule is CCc1nn(CC)c(CC=CCCNCCOC)c1Cl. The molecule has 0 aliphatic heterocycles. The molecule has 0 fully saturated rings. The number of methoxy groups -OCH3 is 1. The van der Waals surface area contributed by atoms with E-state index in [1.165, 1.54) is 0 Å². The third-order valence-corrected chi connectivity index (χ3v) is 3.58. The molecule has 5 heteroatoms. The van der Waals surface area contributed by atoms with Crippen LogP contribution in [-0.2, 0) is 24.1 Å². The molecule has 1 aromatic rings. The summed E-state index contributed by atoms with van der Waals surface area (Å²) in [7, 11) is 1.72. The molecule has 0 bridgehead atoms. The van der Waals surface area contributed by atoms with Crippen LogP contribution in [-0.4, -0.2) is 36.6 Å². The van der Waals surface area contributed by atoms with Gasteiger partial charge in [-0.2, -0.15) is 5.10 Å². The van der Waals surface area contributed by atoms with Crippen LogP contribution in [0.5, 0.6) is 0 Å². The Kier molecular flexibility index (Phi) is 8.58. The van der Waals surface area contributed by atoms with Crippen molar-refractivity contribution in [2.24, 2.45) is 0 Å². The van der Waals surface area contributed by atoms with Crippen molar-refractivity contribution < 1.29 is 4.74 Å². The first kappa shape index (κ1) is 17.2. The predicted octanol–water partition coefficient (Wildman–Crippen LogP) is 2.84. The number of hydrogen-bond acceptors (Lipinski definition) is 3.